The number of hydrogen-bond acceptors (Lipinski definition) is 3. The van der Waals surface area contributed by atoms with Crippen molar-refractivity contribution in [2.45, 2.75) is 19.4 Å². The van der Waals surface area contributed by atoms with Crippen LogP contribution in [-0.4, -0.2) is 6.61 Å². The fourth-order valence-electron chi connectivity index (χ4n) is 1.90. The molecule has 0 aliphatic carbocycles. The Morgan fingerprint density at radius 3 is 2.52 bits per heavy atom. The average molecular weight is 345 g/mol. The van der Waals surface area contributed by atoms with Gasteiger partial charge in [-0.1, -0.05) is 31.2 Å². The summed E-state index contributed by atoms with van der Waals surface area (Å²) in [6.45, 7) is 2.78. The highest BCUT2D eigenvalue weighted by Gasteiger charge is 2.11. The van der Waals surface area contributed by atoms with Crippen LogP contribution in [0.1, 0.15) is 24.9 Å². The SMILES string of the molecule is CCCOc1ccc(C(C#N)Nc2ccccc2Br)cc1. The lowest BCUT2D eigenvalue weighted by Gasteiger charge is -2.15. The van der Waals surface area contributed by atoms with E-state index in [2.05, 4.69) is 34.2 Å². The Morgan fingerprint density at radius 2 is 1.90 bits per heavy atom. The Hall–Kier alpha value is -1.99. The molecule has 0 aromatic heterocycles. The smallest absolute Gasteiger partial charge is 0.140 e. The van der Waals surface area contributed by atoms with Crippen LogP contribution in [0, 0.1) is 11.3 Å². The molecule has 21 heavy (non-hydrogen) atoms. The monoisotopic (exact) mass is 344 g/mol. The summed E-state index contributed by atoms with van der Waals surface area (Å²) in [4.78, 5) is 0. The summed E-state index contributed by atoms with van der Waals surface area (Å²) in [5, 5.41) is 12.6. The molecule has 3 nitrogen and oxygen atoms in total. The molecular weight excluding hydrogens is 328 g/mol. The minimum absolute atomic E-state index is 0.399. The van der Waals surface area contributed by atoms with E-state index in [4.69, 9.17) is 4.74 Å². The second-order valence-electron chi connectivity index (χ2n) is 4.60. The first-order valence-corrected chi connectivity index (χ1v) is 7.67. The third kappa shape index (κ3) is 4.24. The molecule has 108 valence electrons. The predicted octanol–water partition coefficient (Wildman–Crippen LogP) is 4.91. The number of benzene rings is 2. The van der Waals surface area contributed by atoms with Gasteiger partial charge in [0.25, 0.3) is 0 Å². The normalized spacial score (nSPS) is 11.5. The zero-order chi connectivity index (χ0) is 15.1. The fraction of sp³-hybridized carbons (Fsp3) is 0.235. The van der Waals surface area contributed by atoms with Gasteiger partial charge in [-0.15, -0.1) is 0 Å². The first kappa shape index (κ1) is 15.4. The van der Waals surface area contributed by atoms with Gasteiger partial charge in [-0.05, 0) is 52.2 Å². The van der Waals surface area contributed by atoms with Crippen LogP contribution in [-0.2, 0) is 0 Å². The van der Waals surface area contributed by atoms with Crippen molar-refractivity contribution in [1.29, 1.82) is 5.26 Å². The van der Waals surface area contributed by atoms with Crippen LogP contribution in [0.3, 0.4) is 0 Å². The Kier molecular flexibility index (Phi) is 5.65. The maximum atomic E-state index is 9.38. The Balaban J connectivity index is 2.11. The molecule has 0 bridgehead atoms. The molecule has 0 saturated heterocycles. The molecule has 1 unspecified atom stereocenters. The summed E-state index contributed by atoms with van der Waals surface area (Å²) in [6.07, 6.45) is 0.978. The summed E-state index contributed by atoms with van der Waals surface area (Å²) in [5.74, 6) is 0.832. The van der Waals surface area contributed by atoms with Gasteiger partial charge >= 0.3 is 0 Å². The third-order valence-corrected chi connectivity index (χ3v) is 3.68. The average Bonchev–Trinajstić information content (AvgIpc) is 2.53. The van der Waals surface area contributed by atoms with Gasteiger partial charge in [0.2, 0.25) is 0 Å². The van der Waals surface area contributed by atoms with E-state index >= 15 is 0 Å². The second-order valence-corrected chi connectivity index (χ2v) is 5.46. The van der Waals surface area contributed by atoms with Gasteiger partial charge in [0.15, 0.2) is 0 Å². The highest BCUT2D eigenvalue weighted by Crippen LogP contribution is 2.27. The largest absolute Gasteiger partial charge is 0.494 e. The van der Waals surface area contributed by atoms with Gasteiger partial charge in [0.1, 0.15) is 11.8 Å². The lowest BCUT2D eigenvalue weighted by Crippen LogP contribution is -2.08. The third-order valence-electron chi connectivity index (χ3n) is 2.99. The van der Waals surface area contributed by atoms with Gasteiger partial charge in [-0.3, -0.25) is 0 Å². The summed E-state index contributed by atoms with van der Waals surface area (Å²) in [6, 6.07) is 17.3. The molecule has 2 rings (SSSR count). The molecule has 0 heterocycles. The summed E-state index contributed by atoms with van der Waals surface area (Å²) in [5.41, 5.74) is 1.81. The quantitative estimate of drug-likeness (QED) is 0.809. The number of nitrogens with zero attached hydrogens (tertiary/aromatic N) is 1. The van der Waals surface area contributed by atoms with Crippen LogP contribution < -0.4 is 10.1 Å². The molecule has 2 aromatic rings. The van der Waals surface area contributed by atoms with Crippen molar-refractivity contribution in [3.8, 4) is 11.8 Å². The maximum Gasteiger partial charge on any atom is 0.140 e. The fourth-order valence-corrected chi connectivity index (χ4v) is 2.30. The molecule has 1 N–H and O–H groups in total. The van der Waals surface area contributed by atoms with Crippen LogP contribution in [0.4, 0.5) is 5.69 Å². The van der Waals surface area contributed by atoms with Crippen molar-refractivity contribution >= 4 is 21.6 Å². The standard InChI is InChI=1S/C17H17BrN2O/c1-2-11-21-14-9-7-13(8-10-14)17(12-19)20-16-6-4-3-5-15(16)18/h3-10,17,20H,2,11H2,1H3. The molecule has 0 spiro atoms. The zero-order valence-electron chi connectivity index (χ0n) is 11.8. The minimum atomic E-state index is -0.399. The molecule has 1 atom stereocenters. The van der Waals surface area contributed by atoms with E-state index in [0.29, 0.717) is 6.61 Å². The van der Waals surface area contributed by atoms with Crippen molar-refractivity contribution in [1.82, 2.24) is 0 Å². The number of halogens is 1. The van der Waals surface area contributed by atoms with Crippen molar-refractivity contribution < 1.29 is 4.74 Å². The van der Waals surface area contributed by atoms with E-state index in [0.717, 1.165) is 27.9 Å². The van der Waals surface area contributed by atoms with E-state index in [1.54, 1.807) is 0 Å². The maximum absolute atomic E-state index is 9.38. The van der Waals surface area contributed by atoms with Crippen molar-refractivity contribution in [3.05, 3.63) is 58.6 Å². The number of rotatable bonds is 6. The molecular formula is C17H17BrN2O. The summed E-state index contributed by atoms with van der Waals surface area (Å²) < 4.78 is 6.49. The van der Waals surface area contributed by atoms with Crippen LogP contribution >= 0.6 is 15.9 Å². The van der Waals surface area contributed by atoms with Gasteiger partial charge in [0, 0.05) is 10.2 Å². The van der Waals surface area contributed by atoms with E-state index < -0.39 is 6.04 Å². The zero-order valence-corrected chi connectivity index (χ0v) is 13.4. The predicted molar refractivity (Wildman–Crippen MR) is 88.3 cm³/mol. The van der Waals surface area contributed by atoms with Gasteiger partial charge in [-0.25, -0.2) is 0 Å². The minimum Gasteiger partial charge on any atom is -0.494 e. The number of para-hydroxylation sites is 1. The summed E-state index contributed by atoms with van der Waals surface area (Å²) in [7, 11) is 0. The number of nitrogens with one attached hydrogen (secondary N) is 1. The van der Waals surface area contributed by atoms with Gasteiger partial charge in [0.05, 0.1) is 12.7 Å². The lowest BCUT2D eigenvalue weighted by molar-refractivity contribution is 0.317. The molecule has 2 aromatic carbocycles. The summed E-state index contributed by atoms with van der Waals surface area (Å²) >= 11 is 3.47. The van der Waals surface area contributed by atoms with Crippen molar-refractivity contribution in [2.75, 3.05) is 11.9 Å². The Labute approximate surface area is 133 Å². The first-order chi connectivity index (χ1) is 10.2. The van der Waals surface area contributed by atoms with Gasteiger partial charge in [-0.2, -0.15) is 5.26 Å². The van der Waals surface area contributed by atoms with Crippen LogP contribution in [0.25, 0.3) is 0 Å². The highest BCUT2D eigenvalue weighted by molar-refractivity contribution is 9.10. The van der Waals surface area contributed by atoms with E-state index in [9.17, 15) is 5.26 Å². The van der Waals surface area contributed by atoms with Crippen molar-refractivity contribution in [2.24, 2.45) is 0 Å². The van der Waals surface area contributed by atoms with E-state index in [1.165, 1.54) is 0 Å². The Bertz CT molecular complexity index is 619. The van der Waals surface area contributed by atoms with Crippen molar-refractivity contribution in [3.63, 3.8) is 0 Å². The molecule has 0 aliphatic heterocycles. The van der Waals surface area contributed by atoms with Crippen LogP contribution in [0.5, 0.6) is 5.75 Å². The number of hydrogen-bond donors (Lipinski definition) is 1. The number of anilines is 1. The molecule has 4 heteroatoms. The molecule has 0 amide bonds. The molecule has 0 fully saturated rings. The molecule has 0 radical (unpaired) electrons. The van der Waals surface area contributed by atoms with E-state index in [1.807, 2.05) is 48.5 Å². The molecule has 0 saturated carbocycles. The lowest BCUT2D eigenvalue weighted by atomic mass is 10.1. The first-order valence-electron chi connectivity index (χ1n) is 6.88. The van der Waals surface area contributed by atoms with Crippen LogP contribution in [0.2, 0.25) is 0 Å². The number of nitriles is 1. The Morgan fingerprint density at radius 1 is 1.19 bits per heavy atom. The number of ether oxygens (including phenoxy) is 1. The molecule has 0 aliphatic rings. The second kappa shape index (κ2) is 7.70. The van der Waals surface area contributed by atoms with E-state index in [-0.39, 0.29) is 0 Å². The van der Waals surface area contributed by atoms with Gasteiger partial charge < -0.3 is 10.1 Å². The van der Waals surface area contributed by atoms with Crippen LogP contribution in [0.15, 0.2) is 53.0 Å². The highest BCUT2D eigenvalue weighted by atomic mass is 79.9. The topological polar surface area (TPSA) is 45.0 Å².